The van der Waals surface area contributed by atoms with Crippen molar-refractivity contribution in [3.63, 3.8) is 0 Å². The van der Waals surface area contributed by atoms with E-state index in [1.54, 1.807) is 26.2 Å². The molecule has 0 amide bonds. The number of rotatable bonds is 8. The lowest BCUT2D eigenvalue weighted by molar-refractivity contribution is -0.147. The van der Waals surface area contributed by atoms with Gasteiger partial charge >= 0.3 is 5.97 Å². The fourth-order valence-corrected chi connectivity index (χ4v) is 2.69. The fraction of sp³-hybridized carbons (Fsp3) is 0.167. The third kappa shape index (κ3) is 5.52. The summed E-state index contributed by atoms with van der Waals surface area (Å²) < 4.78 is 29.1. The van der Waals surface area contributed by atoms with E-state index in [9.17, 15) is 14.0 Å². The summed E-state index contributed by atoms with van der Waals surface area (Å²) in [7, 11) is 1.58. The van der Waals surface area contributed by atoms with Crippen LogP contribution in [0.15, 0.2) is 72.8 Å². The van der Waals surface area contributed by atoms with Gasteiger partial charge in [0, 0.05) is 11.1 Å². The van der Waals surface area contributed by atoms with Crippen molar-refractivity contribution in [1.29, 1.82) is 0 Å². The first-order chi connectivity index (χ1) is 14.5. The third-order valence-electron chi connectivity index (χ3n) is 4.41. The number of hydrogen-bond acceptors (Lipinski definition) is 5. The van der Waals surface area contributed by atoms with E-state index in [0.29, 0.717) is 22.6 Å². The zero-order valence-corrected chi connectivity index (χ0v) is 16.6. The number of methoxy groups -OCH3 is 1. The summed E-state index contributed by atoms with van der Waals surface area (Å²) in [5.74, 6) is -0.191. The van der Waals surface area contributed by atoms with Gasteiger partial charge in [0.05, 0.1) is 13.7 Å². The number of esters is 1. The first kappa shape index (κ1) is 21.2. The number of ketones is 1. The normalized spacial score (nSPS) is 11.6. The first-order valence-corrected chi connectivity index (χ1v) is 9.33. The van der Waals surface area contributed by atoms with Gasteiger partial charge in [0.1, 0.15) is 17.3 Å². The number of hydrogen-bond donors (Lipinski definition) is 0. The zero-order chi connectivity index (χ0) is 21.5. The molecule has 5 nitrogen and oxygen atoms in total. The third-order valence-corrected chi connectivity index (χ3v) is 4.41. The van der Waals surface area contributed by atoms with Gasteiger partial charge in [-0.05, 0) is 73.2 Å². The van der Waals surface area contributed by atoms with Crippen LogP contribution in [0.1, 0.15) is 28.4 Å². The number of carbonyl (C=O) groups is 2. The van der Waals surface area contributed by atoms with Crippen LogP contribution in [0.3, 0.4) is 0 Å². The predicted molar refractivity (Wildman–Crippen MR) is 109 cm³/mol. The molecular formula is C24H21FO5. The van der Waals surface area contributed by atoms with Crippen molar-refractivity contribution >= 4 is 11.8 Å². The summed E-state index contributed by atoms with van der Waals surface area (Å²) in [6.45, 7) is 1.84. The average Bonchev–Trinajstić information content (AvgIpc) is 2.78. The number of benzene rings is 3. The van der Waals surface area contributed by atoms with Crippen LogP contribution in [-0.2, 0) is 16.1 Å². The summed E-state index contributed by atoms with van der Waals surface area (Å²) >= 11 is 0. The minimum absolute atomic E-state index is 0.235. The standard InChI is InChI=1S/C24H21FO5/c1-16(29-15-17-4-3-5-22(14-17)28-2)24(27)30-21-12-8-19(9-13-21)23(26)18-6-10-20(25)11-7-18/h3-14,16H,15H2,1-2H3. The van der Waals surface area contributed by atoms with Crippen molar-refractivity contribution in [3.05, 3.63) is 95.3 Å². The maximum atomic E-state index is 13.0. The molecule has 3 aromatic rings. The van der Waals surface area contributed by atoms with Crippen molar-refractivity contribution in [2.75, 3.05) is 7.11 Å². The highest BCUT2D eigenvalue weighted by molar-refractivity contribution is 6.09. The van der Waals surface area contributed by atoms with Crippen molar-refractivity contribution in [3.8, 4) is 11.5 Å². The van der Waals surface area contributed by atoms with Gasteiger partial charge in [-0.2, -0.15) is 0 Å². The van der Waals surface area contributed by atoms with Gasteiger partial charge in [0.15, 0.2) is 11.9 Å². The Morgan fingerprint density at radius 2 is 1.53 bits per heavy atom. The molecule has 0 aliphatic heterocycles. The van der Waals surface area contributed by atoms with E-state index >= 15 is 0 Å². The quantitative estimate of drug-likeness (QED) is 0.310. The maximum Gasteiger partial charge on any atom is 0.340 e. The Morgan fingerprint density at radius 1 is 0.900 bits per heavy atom. The van der Waals surface area contributed by atoms with Crippen molar-refractivity contribution in [2.45, 2.75) is 19.6 Å². The predicted octanol–water partition coefficient (Wildman–Crippen LogP) is 4.58. The van der Waals surface area contributed by atoms with Crippen LogP contribution >= 0.6 is 0 Å². The highest BCUT2D eigenvalue weighted by Crippen LogP contribution is 2.18. The molecule has 0 fully saturated rings. The zero-order valence-electron chi connectivity index (χ0n) is 16.6. The molecule has 0 aliphatic carbocycles. The number of halogens is 1. The van der Waals surface area contributed by atoms with Gasteiger partial charge in [-0.15, -0.1) is 0 Å². The van der Waals surface area contributed by atoms with Gasteiger partial charge < -0.3 is 14.2 Å². The van der Waals surface area contributed by atoms with E-state index in [2.05, 4.69) is 0 Å². The topological polar surface area (TPSA) is 61.8 Å². The van der Waals surface area contributed by atoms with Crippen LogP contribution in [-0.4, -0.2) is 25.0 Å². The molecule has 0 saturated heterocycles. The van der Waals surface area contributed by atoms with Gasteiger partial charge in [0.2, 0.25) is 0 Å². The number of ether oxygens (including phenoxy) is 3. The van der Waals surface area contributed by atoms with E-state index in [1.165, 1.54) is 36.4 Å². The molecule has 30 heavy (non-hydrogen) atoms. The maximum absolute atomic E-state index is 13.0. The molecule has 3 rings (SSSR count). The molecule has 0 saturated carbocycles. The summed E-state index contributed by atoms with van der Waals surface area (Å²) in [5, 5.41) is 0. The highest BCUT2D eigenvalue weighted by Gasteiger charge is 2.17. The Morgan fingerprint density at radius 3 is 2.17 bits per heavy atom. The van der Waals surface area contributed by atoms with E-state index in [1.807, 2.05) is 24.3 Å². The Kier molecular flexibility index (Phi) is 6.93. The first-order valence-electron chi connectivity index (χ1n) is 9.33. The Bertz CT molecular complexity index is 1010. The highest BCUT2D eigenvalue weighted by atomic mass is 19.1. The molecule has 1 unspecified atom stereocenters. The SMILES string of the molecule is COc1cccc(COC(C)C(=O)Oc2ccc(C(=O)c3ccc(F)cc3)cc2)c1. The van der Waals surface area contributed by atoms with Gasteiger partial charge in [-0.25, -0.2) is 9.18 Å². The molecule has 0 radical (unpaired) electrons. The molecule has 0 N–H and O–H groups in total. The van der Waals surface area contributed by atoms with E-state index < -0.39 is 17.9 Å². The second-order valence-corrected chi connectivity index (χ2v) is 6.59. The molecule has 0 aromatic heterocycles. The summed E-state index contributed by atoms with van der Waals surface area (Å²) in [6.07, 6.45) is -0.781. The van der Waals surface area contributed by atoms with Crippen LogP contribution in [0.2, 0.25) is 0 Å². The summed E-state index contributed by atoms with van der Waals surface area (Å²) in [6, 6.07) is 18.8. The van der Waals surface area contributed by atoms with E-state index in [0.717, 1.165) is 5.56 Å². The molecule has 0 aliphatic rings. The molecule has 0 bridgehead atoms. The Labute approximate surface area is 174 Å². The number of carbonyl (C=O) groups excluding carboxylic acids is 2. The monoisotopic (exact) mass is 408 g/mol. The fourth-order valence-electron chi connectivity index (χ4n) is 2.69. The molecule has 3 aromatic carbocycles. The van der Waals surface area contributed by atoms with Crippen molar-refractivity contribution < 1.29 is 28.2 Å². The van der Waals surface area contributed by atoms with Crippen LogP contribution in [0.5, 0.6) is 11.5 Å². The minimum Gasteiger partial charge on any atom is -0.497 e. The van der Waals surface area contributed by atoms with Gasteiger partial charge in [-0.1, -0.05) is 12.1 Å². The summed E-state index contributed by atoms with van der Waals surface area (Å²) in [5.41, 5.74) is 1.65. The van der Waals surface area contributed by atoms with Crippen LogP contribution in [0.4, 0.5) is 4.39 Å². The molecule has 0 spiro atoms. The Balaban J connectivity index is 1.55. The summed E-state index contributed by atoms with van der Waals surface area (Å²) in [4.78, 5) is 24.7. The second kappa shape index (κ2) is 9.80. The lowest BCUT2D eigenvalue weighted by Crippen LogP contribution is -2.25. The molecule has 0 heterocycles. The molecule has 1 atom stereocenters. The largest absolute Gasteiger partial charge is 0.497 e. The molecular weight excluding hydrogens is 387 g/mol. The van der Waals surface area contributed by atoms with Crippen molar-refractivity contribution in [1.82, 2.24) is 0 Å². The molecule has 154 valence electrons. The minimum atomic E-state index is -0.781. The lowest BCUT2D eigenvalue weighted by Gasteiger charge is -2.13. The van der Waals surface area contributed by atoms with Crippen LogP contribution in [0, 0.1) is 5.82 Å². The van der Waals surface area contributed by atoms with Gasteiger partial charge in [-0.3, -0.25) is 4.79 Å². The smallest absolute Gasteiger partial charge is 0.340 e. The van der Waals surface area contributed by atoms with Crippen LogP contribution < -0.4 is 9.47 Å². The van der Waals surface area contributed by atoms with E-state index in [-0.39, 0.29) is 12.4 Å². The average molecular weight is 408 g/mol. The molecule has 6 heteroatoms. The lowest BCUT2D eigenvalue weighted by atomic mass is 10.0. The van der Waals surface area contributed by atoms with Crippen LogP contribution in [0.25, 0.3) is 0 Å². The van der Waals surface area contributed by atoms with Gasteiger partial charge in [0.25, 0.3) is 0 Å². The van der Waals surface area contributed by atoms with E-state index in [4.69, 9.17) is 14.2 Å². The van der Waals surface area contributed by atoms with Crippen molar-refractivity contribution in [2.24, 2.45) is 0 Å². The second-order valence-electron chi connectivity index (χ2n) is 6.59. The Hall–Kier alpha value is -3.51.